The number of thioether (sulfide) groups is 1. The monoisotopic (exact) mass is 323 g/mol. The van der Waals surface area contributed by atoms with Crippen LogP contribution in [0.25, 0.3) is 0 Å². The van der Waals surface area contributed by atoms with Crippen molar-refractivity contribution in [2.45, 2.75) is 17.1 Å². The third-order valence-corrected chi connectivity index (χ3v) is 4.06. The number of nitrogens with one attached hydrogen (secondary N) is 1. The van der Waals surface area contributed by atoms with E-state index in [-0.39, 0.29) is 0 Å². The van der Waals surface area contributed by atoms with Gasteiger partial charge in [0.2, 0.25) is 5.91 Å². The summed E-state index contributed by atoms with van der Waals surface area (Å²) in [5.74, 6) is -1.34. The molecule has 0 aliphatic heterocycles. The molecule has 1 N–H and O–H groups in total. The lowest BCUT2D eigenvalue weighted by Gasteiger charge is -2.13. The Morgan fingerprint density at radius 1 is 1.14 bits per heavy atom. The van der Waals surface area contributed by atoms with E-state index in [1.54, 1.807) is 26.2 Å². The summed E-state index contributed by atoms with van der Waals surface area (Å²) >= 11 is 1.29. The van der Waals surface area contributed by atoms with Crippen LogP contribution in [0.1, 0.15) is 6.92 Å². The highest BCUT2D eigenvalue weighted by Crippen LogP contribution is 2.27. The van der Waals surface area contributed by atoms with Gasteiger partial charge in [0, 0.05) is 4.90 Å². The molecule has 0 aliphatic carbocycles. The van der Waals surface area contributed by atoms with E-state index in [9.17, 15) is 13.6 Å². The van der Waals surface area contributed by atoms with E-state index in [2.05, 4.69) is 5.32 Å². The molecule has 1 amide bonds. The van der Waals surface area contributed by atoms with Gasteiger partial charge in [-0.2, -0.15) is 0 Å². The molecule has 0 bridgehead atoms. The molecule has 2 rings (SSSR count). The number of para-hydroxylation sites is 1. The molecule has 0 unspecified atom stereocenters. The van der Waals surface area contributed by atoms with E-state index in [1.165, 1.54) is 17.8 Å². The van der Waals surface area contributed by atoms with Crippen molar-refractivity contribution < 1.29 is 18.3 Å². The van der Waals surface area contributed by atoms with Gasteiger partial charge >= 0.3 is 0 Å². The molecule has 0 aromatic heterocycles. The molecule has 0 radical (unpaired) electrons. The largest absolute Gasteiger partial charge is 0.497 e. The molecule has 0 spiro atoms. The van der Waals surface area contributed by atoms with Crippen LogP contribution in [-0.4, -0.2) is 18.3 Å². The number of hydrogen-bond acceptors (Lipinski definition) is 3. The normalized spacial score (nSPS) is 11.8. The van der Waals surface area contributed by atoms with Gasteiger partial charge < -0.3 is 10.1 Å². The average molecular weight is 323 g/mol. The molecule has 116 valence electrons. The molecule has 0 saturated carbocycles. The summed E-state index contributed by atoms with van der Waals surface area (Å²) in [4.78, 5) is 12.9. The second-order valence-corrected chi connectivity index (χ2v) is 5.94. The fourth-order valence-corrected chi connectivity index (χ4v) is 2.62. The quantitative estimate of drug-likeness (QED) is 0.842. The van der Waals surface area contributed by atoms with Gasteiger partial charge in [0.15, 0.2) is 0 Å². The van der Waals surface area contributed by atoms with Crippen LogP contribution >= 0.6 is 11.8 Å². The van der Waals surface area contributed by atoms with Gasteiger partial charge in [0.25, 0.3) is 0 Å². The molecule has 0 aliphatic rings. The van der Waals surface area contributed by atoms with Crippen LogP contribution in [0.3, 0.4) is 0 Å². The lowest BCUT2D eigenvalue weighted by molar-refractivity contribution is -0.115. The first-order chi connectivity index (χ1) is 10.5. The highest BCUT2D eigenvalue weighted by Gasteiger charge is 2.18. The van der Waals surface area contributed by atoms with Crippen molar-refractivity contribution in [2.75, 3.05) is 12.4 Å². The van der Waals surface area contributed by atoms with Crippen molar-refractivity contribution in [3.63, 3.8) is 0 Å². The van der Waals surface area contributed by atoms with Crippen molar-refractivity contribution >= 4 is 23.4 Å². The standard InChI is InChI=1S/C16H15F2NO2S/c1-10(22-12-8-6-11(21-2)7-9-12)16(20)19-15-13(17)4-3-5-14(15)18/h3-10H,1-2H3,(H,19,20)/t10-/m0/s1. The number of methoxy groups -OCH3 is 1. The third-order valence-electron chi connectivity index (χ3n) is 2.95. The van der Waals surface area contributed by atoms with Crippen molar-refractivity contribution in [1.29, 1.82) is 0 Å². The van der Waals surface area contributed by atoms with Crippen LogP contribution in [-0.2, 0) is 4.79 Å². The van der Waals surface area contributed by atoms with E-state index in [4.69, 9.17) is 4.74 Å². The average Bonchev–Trinajstić information content (AvgIpc) is 2.51. The van der Waals surface area contributed by atoms with Gasteiger partial charge in [0.1, 0.15) is 23.1 Å². The van der Waals surface area contributed by atoms with E-state index in [1.807, 2.05) is 12.1 Å². The van der Waals surface area contributed by atoms with Crippen LogP contribution in [0, 0.1) is 11.6 Å². The molecule has 2 aromatic carbocycles. The minimum absolute atomic E-state index is 0.422. The number of halogens is 2. The van der Waals surface area contributed by atoms with Gasteiger partial charge in [-0.1, -0.05) is 6.07 Å². The Hall–Kier alpha value is -2.08. The fraction of sp³-hybridized carbons (Fsp3) is 0.188. The van der Waals surface area contributed by atoms with Gasteiger partial charge in [-0.3, -0.25) is 4.79 Å². The molecule has 22 heavy (non-hydrogen) atoms. The Labute approximate surface area is 131 Å². The zero-order chi connectivity index (χ0) is 16.1. The van der Waals surface area contributed by atoms with Crippen LogP contribution in [0.2, 0.25) is 0 Å². The minimum Gasteiger partial charge on any atom is -0.497 e. The molecular weight excluding hydrogens is 308 g/mol. The van der Waals surface area contributed by atoms with Crippen LogP contribution in [0.5, 0.6) is 5.75 Å². The second-order valence-electron chi connectivity index (χ2n) is 4.52. The first kappa shape index (κ1) is 16.3. The number of carbonyl (C=O) groups is 1. The minimum atomic E-state index is -0.796. The Bertz CT molecular complexity index is 641. The highest BCUT2D eigenvalue weighted by molar-refractivity contribution is 8.00. The zero-order valence-electron chi connectivity index (χ0n) is 12.1. The number of benzene rings is 2. The van der Waals surface area contributed by atoms with Crippen LogP contribution < -0.4 is 10.1 Å². The molecule has 0 heterocycles. The Balaban J connectivity index is 2.02. The molecule has 0 fully saturated rings. The smallest absolute Gasteiger partial charge is 0.237 e. The van der Waals surface area contributed by atoms with Gasteiger partial charge in [-0.05, 0) is 43.3 Å². The van der Waals surface area contributed by atoms with Crippen molar-refractivity contribution in [2.24, 2.45) is 0 Å². The predicted octanol–water partition coefficient (Wildman–Crippen LogP) is 4.09. The van der Waals surface area contributed by atoms with Gasteiger partial charge in [-0.25, -0.2) is 8.78 Å². The summed E-state index contributed by atoms with van der Waals surface area (Å²) in [6.45, 7) is 1.67. The summed E-state index contributed by atoms with van der Waals surface area (Å²) in [5, 5.41) is 1.78. The molecule has 1 atom stereocenters. The summed E-state index contributed by atoms with van der Waals surface area (Å²) in [5.41, 5.74) is -0.422. The maximum absolute atomic E-state index is 13.5. The number of ether oxygens (including phenoxy) is 1. The number of hydrogen-bond donors (Lipinski definition) is 1. The molecule has 6 heteroatoms. The van der Waals surface area contributed by atoms with Crippen molar-refractivity contribution in [3.8, 4) is 5.75 Å². The van der Waals surface area contributed by atoms with E-state index in [0.717, 1.165) is 22.8 Å². The topological polar surface area (TPSA) is 38.3 Å². The Morgan fingerprint density at radius 3 is 2.27 bits per heavy atom. The molecule has 3 nitrogen and oxygen atoms in total. The highest BCUT2D eigenvalue weighted by atomic mass is 32.2. The Morgan fingerprint density at radius 2 is 1.73 bits per heavy atom. The molecular formula is C16H15F2NO2S. The fourth-order valence-electron chi connectivity index (χ4n) is 1.75. The lowest BCUT2D eigenvalue weighted by Crippen LogP contribution is -2.23. The van der Waals surface area contributed by atoms with E-state index < -0.39 is 28.5 Å². The van der Waals surface area contributed by atoms with Crippen molar-refractivity contribution in [1.82, 2.24) is 0 Å². The van der Waals surface area contributed by atoms with Gasteiger partial charge in [0.05, 0.1) is 12.4 Å². The SMILES string of the molecule is COc1ccc(S[C@@H](C)C(=O)Nc2c(F)cccc2F)cc1. The maximum Gasteiger partial charge on any atom is 0.237 e. The lowest BCUT2D eigenvalue weighted by atomic mass is 10.3. The third kappa shape index (κ3) is 3.98. The van der Waals surface area contributed by atoms with Crippen LogP contribution in [0.4, 0.5) is 14.5 Å². The van der Waals surface area contributed by atoms with Crippen molar-refractivity contribution in [3.05, 3.63) is 54.1 Å². The number of carbonyl (C=O) groups excluding carboxylic acids is 1. The first-order valence-electron chi connectivity index (χ1n) is 6.57. The first-order valence-corrected chi connectivity index (χ1v) is 7.45. The maximum atomic E-state index is 13.5. The number of amides is 1. The summed E-state index contributed by atoms with van der Waals surface area (Å²) in [7, 11) is 1.57. The zero-order valence-corrected chi connectivity index (χ0v) is 12.9. The van der Waals surface area contributed by atoms with E-state index in [0.29, 0.717) is 0 Å². The summed E-state index contributed by atoms with van der Waals surface area (Å²) < 4.78 is 32.1. The summed E-state index contributed by atoms with van der Waals surface area (Å²) in [6.07, 6.45) is 0. The molecule has 0 saturated heterocycles. The predicted molar refractivity (Wildman–Crippen MR) is 83.3 cm³/mol. The second kappa shape index (κ2) is 7.26. The van der Waals surface area contributed by atoms with Gasteiger partial charge in [-0.15, -0.1) is 11.8 Å². The van der Waals surface area contributed by atoms with Crippen LogP contribution in [0.15, 0.2) is 47.4 Å². The van der Waals surface area contributed by atoms with E-state index >= 15 is 0 Å². The Kier molecular flexibility index (Phi) is 5.38. The molecule has 2 aromatic rings. The number of anilines is 1. The number of rotatable bonds is 5. The summed E-state index contributed by atoms with van der Waals surface area (Å²) in [6, 6.07) is 10.6.